The lowest BCUT2D eigenvalue weighted by Crippen LogP contribution is -2.54. The first-order valence-electron chi connectivity index (χ1n) is 8.10. The second-order valence-electron chi connectivity index (χ2n) is 6.70. The van der Waals surface area contributed by atoms with Crippen LogP contribution in [0.3, 0.4) is 0 Å². The Labute approximate surface area is 132 Å². The molecule has 1 fully saturated rings. The lowest BCUT2D eigenvalue weighted by Gasteiger charge is -2.40. The topological polar surface area (TPSA) is 58.8 Å². The van der Waals surface area contributed by atoms with Gasteiger partial charge in [-0.05, 0) is 58.0 Å². The number of amides is 1. The molecule has 0 bridgehead atoms. The molecule has 5 nitrogen and oxygen atoms in total. The number of ether oxygens (including phenoxy) is 1. The van der Waals surface area contributed by atoms with Crippen molar-refractivity contribution in [1.29, 1.82) is 0 Å². The van der Waals surface area contributed by atoms with Crippen molar-refractivity contribution in [1.82, 2.24) is 4.90 Å². The summed E-state index contributed by atoms with van der Waals surface area (Å²) in [6.07, 6.45) is 3.83. The van der Waals surface area contributed by atoms with E-state index in [1.165, 1.54) is 19.3 Å². The third kappa shape index (κ3) is 2.90. The van der Waals surface area contributed by atoms with Crippen molar-refractivity contribution < 1.29 is 9.53 Å². The van der Waals surface area contributed by atoms with Crippen molar-refractivity contribution >= 4 is 17.3 Å². The summed E-state index contributed by atoms with van der Waals surface area (Å²) in [5.41, 5.74) is 6.51. The highest BCUT2D eigenvalue weighted by Crippen LogP contribution is 2.38. The highest BCUT2D eigenvalue weighted by atomic mass is 16.5. The lowest BCUT2D eigenvalue weighted by atomic mass is 10.0. The molecule has 1 aromatic rings. The van der Waals surface area contributed by atoms with Crippen molar-refractivity contribution in [3.8, 4) is 5.75 Å². The van der Waals surface area contributed by atoms with E-state index in [0.29, 0.717) is 12.2 Å². The van der Waals surface area contributed by atoms with Gasteiger partial charge < -0.3 is 20.3 Å². The Bertz CT molecular complexity index is 565. The normalized spacial score (nSPS) is 21.4. The van der Waals surface area contributed by atoms with Gasteiger partial charge >= 0.3 is 0 Å². The number of piperidine rings is 1. The van der Waals surface area contributed by atoms with E-state index < -0.39 is 5.60 Å². The minimum Gasteiger partial charge on any atom is -0.476 e. The number of carbonyl (C=O) groups is 1. The van der Waals surface area contributed by atoms with E-state index in [4.69, 9.17) is 10.5 Å². The number of benzene rings is 1. The average molecular weight is 303 g/mol. The third-order valence-electron chi connectivity index (χ3n) is 4.49. The molecular weight excluding hydrogens is 278 g/mol. The van der Waals surface area contributed by atoms with E-state index in [1.54, 1.807) is 0 Å². The maximum atomic E-state index is 12.7. The van der Waals surface area contributed by atoms with Crippen LogP contribution >= 0.6 is 0 Å². The predicted octanol–water partition coefficient (Wildman–Crippen LogP) is 2.26. The predicted molar refractivity (Wildman–Crippen MR) is 88.2 cm³/mol. The smallest absolute Gasteiger partial charge is 0.270 e. The summed E-state index contributed by atoms with van der Waals surface area (Å²) in [5, 5.41) is 0. The van der Waals surface area contributed by atoms with Gasteiger partial charge in [-0.3, -0.25) is 4.79 Å². The highest BCUT2D eigenvalue weighted by Gasteiger charge is 2.40. The summed E-state index contributed by atoms with van der Waals surface area (Å²) in [4.78, 5) is 17.0. The Morgan fingerprint density at radius 2 is 1.91 bits per heavy atom. The van der Waals surface area contributed by atoms with Crippen LogP contribution in [-0.2, 0) is 4.79 Å². The average Bonchev–Trinajstić information content (AvgIpc) is 2.49. The molecule has 0 atom stereocenters. The molecule has 1 amide bonds. The molecule has 0 unspecified atom stereocenters. The Balaban J connectivity index is 1.81. The molecule has 0 aliphatic carbocycles. The molecule has 0 spiro atoms. The fourth-order valence-corrected chi connectivity index (χ4v) is 3.23. The summed E-state index contributed by atoms with van der Waals surface area (Å²) >= 11 is 0. The van der Waals surface area contributed by atoms with Crippen LogP contribution in [0.15, 0.2) is 18.2 Å². The van der Waals surface area contributed by atoms with Crippen LogP contribution in [0, 0.1) is 0 Å². The van der Waals surface area contributed by atoms with E-state index >= 15 is 0 Å². The molecule has 2 heterocycles. The van der Waals surface area contributed by atoms with Gasteiger partial charge in [0.15, 0.2) is 5.60 Å². The fraction of sp³-hybridized carbons (Fsp3) is 0.588. The fourth-order valence-electron chi connectivity index (χ4n) is 3.23. The van der Waals surface area contributed by atoms with Crippen LogP contribution in [-0.4, -0.2) is 42.6 Å². The molecule has 0 saturated carbocycles. The molecule has 2 aliphatic heterocycles. The quantitative estimate of drug-likeness (QED) is 0.870. The number of nitrogen functional groups attached to an aromatic ring is 1. The highest BCUT2D eigenvalue weighted by molar-refractivity contribution is 6.02. The Hall–Kier alpha value is -1.75. The van der Waals surface area contributed by atoms with Gasteiger partial charge in [-0.2, -0.15) is 0 Å². The van der Waals surface area contributed by atoms with Crippen LogP contribution in [0.4, 0.5) is 11.4 Å². The summed E-state index contributed by atoms with van der Waals surface area (Å²) in [6, 6.07) is 5.50. The summed E-state index contributed by atoms with van der Waals surface area (Å²) < 4.78 is 5.85. The van der Waals surface area contributed by atoms with E-state index in [9.17, 15) is 4.79 Å². The van der Waals surface area contributed by atoms with Crippen molar-refractivity contribution in [2.75, 3.05) is 36.8 Å². The zero-order valence-electron chi connectivity index (χ0n) is 13.5. The van der Waals surface area contributed by atoms with Crippen molar-refractivity contribution in [3.05, 3.63) is 18.2 Å². The summed E-state index contributed by atoms with van der Waals surface area (Å²) in [6.45, 7) is 7.49. The number of likely N-dealkylation sites (tertiary alicyclic amines) is 1. The van der Waals surface area contributed by atoms with Gasteiger partial charge in [0, 0.05) is 18.8 Å². The van der Waals surface area contributed by atoms with E-state index in [0.717, 1.165) is 31.1 Å². The molecule has 22 heavy (non-hydrogen) atoms. The standard InChI is InChI=1S/C17H25N3O2/c1-17(2)16(21)20(11-10-19-8-4-3-5-9-19)14-12-13(18)6-7-15(14)22-17/h6-7,12H,3-5,8-11,18H2,1-2H3. The number of hydrogen-bond donors (Lipinski definition) is 1. The minimum absolute atomic E-state index is 0.00242. The van der Waals surface area contributed by atoms with Crippen LogP contribution in [0.5, 0.6) is 5.75 Å². The zero-order valence-corrected chi connectivity index (χ0v) is 13.5. The molecule has 0 aromatic heterocycles. The molecule has 2 N–H and O–H groups in total. The van der Waals surface area contributed by atoms with Crippen molar-refractivity contribution in [2.24, 2.45) is 0 Å². The second-order valence-corrected chi connectivity index (χ2v) is 6.70. The minimum atomic E-state index is -0.828. The molecule has 5 heteroatoms. The van der Waals surface area contributed by atoms with E-state index in [1.807, 2.05) is 36.9 Å². The zero-order chi connectivity index (χ0) is 15.7. The number of carbonyl (C=O) groups excluding carboxylic acids is 1. The number of nitrogens with two attached hydrogens (primary N) is 1. The van der Waals surface area contributed by atoms with Crippen LogP contribution < -0.4 is 15.4 Å². The van der Waals surface area contributed by atoms with Crippen molar-refractivity contribution in [2.45, 2.75) is 38.7 Å². The number of hydrogen-bond acceptors (Lipinski definition) is 4. The van der Waals surface area contributed by atoms with E-state index in [2.05, 4.69) is 4.90 Å². The summed E-state index contributed by atoms with van der Waals surface area (Å²) in [5.74, 6) is 0.736. The molecule has 0 radical (unpaired) electrons. The molecule has 2 aliphatic rings. The van der Waals surface area contributed by atoms with Gasteiger partial charge in [-0.25, -0.2) is 0 Å². The Morgan fingerprint density at radius 1 is 1.18 bits per heavy atom. The van der Waals surface area contributed by atoms with Crippen LogP contribution in [0.2, 0.25) is 0 Å². The van der Waals surface area contributed by atoms with Gasteiger partial charge in [0.05, 0.1) is 5.69 Å². The SMILES string of the molecule is CC1(C)Oc2ccc(N)cc2N(CCN2CCCCC2)C1=O. The maximum Gasteiger partial charge on any atom is 0.270 e. The first-order chi connectivity index (χ1) is 10.5. The molecule has 1 aromatic carbocycles. The third-order valence-corrected chi connectivity index (χ3v) is 4.49. The lowest BCUT2D eigenvalue weighted by molar-refractivity contribution is -0.132. The number of fused-ring (bicyclic) bond motifs is 1. The van der Waals surface area contributed by atoms with E-state index in [-0.39, 0.29) is 5.91 Å². The first-order valence-corrected chi connectivity index (χ1v) is 8.10. The van der Waals surface area contributed by atoms with Gasteiger partial charge in [-0.15, -0.1) is 0 Å². The van der Waals surface area contributed by atoms with Crippen LogP contribution in [0.25, 0.3) is 0 Å². The Morgan fingerprint density at radius 3 is 2.64 bits per heavy atom. The monoisotopic (exact) mass is 303 g/mol. The second kappa shape index (κ2) is 5.80. The van der Waals surface area contributed by atoms with Gasteiger partial charge in [0.2, 0.25) is 0 Å². The van der Waals surface area contributed by atoms with Crippen molar-refractivity contribution in [3.63, 3.8) is 0 Å². The molecule has 1 saturated heterocycles. The molecule has 120 valence electrons. The Kier molecular flexibility index (Phi) is 4.00. The number of nitrogens with zero attached hydrogens (tertiary/aromatic N) is 2. The maximum absolute atomic E-state index is 12.7. The summed E-state index contributed by atoms with van der Waals surface area (Å²) in [7, 11) is 0. The molecular formula is C17H25N3O2. The van der Waals surface area contributed by atoms with Gasteiger partial charge in [0.1, 0.15) is 5.75 Å². The van der Waals surface area contributed by atoms with Gasteiger partial charge in [0.25, 0.3) is 5.91 Å². The van der Waals surface area contributed by atoms with Gasteiger partial charge in [-0.1, -0.05) is 6.42 Å². The largest absolute Gasteiger partial charge is 0.476 e. The van der Waals surface area contributed by atoms with Crippen LogP contribution in [0.1, 0.15) is 33.1 Å². The number of rotatable bonds is 3. The first kappa shape index (κ1) is 15.2. The number of anilines is 2. The molecule has 3 rings (SSSR count).